The topological polar surface area (TPSA) is 84.5 Å². The highest BCUT2D eigenvalue weighted by atomic mass is 32.2. The van der Waals surface area contributed by atoms with E-state index in [4.69, 9.17) is 4.74 Å². The number of carbonyl (C=O) groups excluding carboxylic acids is 1. The number of para-hydroxylation sites is 1. The summed E-state index contributed by atoms with van der Waals surface area (Å²) in [6, 6.07) is 13.6. The van der Waals surface area contributed by atoms with Crippen LogP contribution in [0.25, 0.3) is 0 Å². The van der Waals surface area contributed by atoms with Crippen molar-refractivity contribution in [1.82, 2.24) is 4.72 Å². The highest BCUT2D eigenvalue weighted by Crippen LogP contribution is 2.27. The van der Waals surface area contributed by atoms with Gasteiger partial charge in [-0.15, -0.1) is 0 Å². The first kappa shape index (κ1) is 18.4. The SMILES string of the molecule is CC(C)NS(=O)(=O)c1ccc(NC(=O)C2COc3ccccc3C2)cc1. The Morgan fingerprint density at radius 1 is 1.12 bits per heavy atom. The average Bonchev–Trinajstić information content (AvgIpc) is 2.60. The first-order valence-corrected chi connectivity index (χ1v) is 9.97. The van der Waals surface area contributed by atoms with E-state index in [1.54, 1.807) is 26.0 Å². The van der Waals surface area contributed by atoms with Gasteiger partial charge in [0.25, 0.3) is 0 Å². The minimum Gasteiger partial charge on any atom is -0.492 e. The Hall–Kier alpha value is -2.38. The lowest BCUT2D eigenvalue weighted by molar-refractivity contribution is -0.121. The van der Waals surface area contributed by atoms with Gasteiger partial charge in [-0.25, -0.2) is 13.1 Å². The molecule has 3 rings (SSSR count). The Bertz CT molecular complexity index is 892. The third kappa shape index (κ3) is 4.23. The highest BCUT2D eigenvalue weighted by molar-refractivity contribution is 7.89. The van der Waals surface area contributed by atoms with Gasteiger partial charge < -0.3 is 10.1 Å². The van der Waals surface area contributed by atoms with E-state index >= 15 is 0 Å². The Labute approximate surface area is 153 Å². The number of hydrogen-bond acceptors (Lipinski definition) is 4. The number of rotatable bonds is 5. The van der Waals surface area contributed by atoms with Crippen LogP contribution in [0.3, 0.4) is 0 Å². The lowest BCUT2D eigenvalue weighted by atomic mass is 9.96. The van der Waals surface area contributed by atoms with Crippen LogP contribution in [0.2, 0.25) is 0 Å². The smallest absolute Gasteiger partial charge is 0.240 e. The van der Waals surface area contributed by atoms with Crippen molar-refractivity contribution in [2.24, 2.45) is 5.92 Å². The fourth-order valence-corrected chi connectivity index (χ4v) is 4.09. The Morgan fingerprint density at radius 2 is 1.81 bits per heavy atom. The molecule has 7 heteroatoms. The molecule has 1 heterocycles. The van der Waals surface area contributed by atoms with E-state index in [1.807, 2.05) is 24.3 Å². The number of nitrogens with one attached hydrogen (secondary N) is 2. The van der Waals surface area contributed by atoms with Gasteiger partial charge in [-0.1, -0.05) is 18.2 Å². The second-order valence-corrected chi connectivity index (χ2v) is 8.32. The Balaban J connectivity index is 1.65. The van der Waals surface area contributed by atoms with Crippen LogP contribution in [0.4, 0.5) is 5.69 Å². The average molecular weight is 374 g/mol. The number of sulfonamides is 1. The molecule has 0 bridgehead atoms. The van der Waals surface area contributed by atoms with Crippen LogP contribution in [-0.4, -0.2) is 27.0 Å². The van der Waals surface area contributed by atoms with Crippen LogP contribution in [0.15, 0.2) is 53.4 Å². The zero-order valence-corrected chi connectivity index (χ0v) is 15.5. The van der Waals surface area contributed by atoms with E-state index < -0.39 is 10.0 Å². The predicted molar refractivity (Wildman–Crippen MR) is 99.7 cm³/mol. The largest absolute Gasteiger partial charge is 0.492 e. The summed E-state index contributed by atoms with van der Waals surface area (Å²) in [6.07, 6.45) is 0.618. The van der Waals surface area contributed by atoms with Crippen molar-refractivity contribution in [1.29, 1.82) is 0 Å². The lowest BCUT2D eigenvalue weighted by Crippen LogP contribution is -2.32. The molecular weight excluding hydrogens is 352 g/mol. The highest BCUT2D eigenvalue weighted by Gasteiger charge is 2.26. The van der Waals surface area contributed by atoms with Crippen LogP contribution in [0.5, 0.6) is 5.75 Å². The molecule has 0 saturated carbocycles. The van der Waals surface area contributed by atoms with Gasteiger partial charge >= 0.3 is 0 Å². The summed E-state index contributed by atoms with van der Waals surface area (Å²) < 4.78 is 32.4. The van der Waals surface area contributed by atoms with Crippen molar-refractivity contribution < 1.29 is 17.9 Å². The summed E-state index contributed by atoms with van der Waals surface area (Å²) in [5.41, 5.74) is 1.57. The van der Waals surface area contributed by atoms with Gasteiger partial charge in [-0.3, -0.25) is 4.79 Å². The molecule has 1 atom stereocenters. The molecule has 138 valence electrons. The summed E-state index contributed by atoms with van der Waals surface area (Å²) in [5.74, 6) is 0.398. The summed E-state index contributed by atoms with van der Waals surface area (Å²) in [5, 5.41) is 2.83. The molecule has 2 aromatic carbocycles. The van der Waals surface area contributed by atoms with Gasteiger partial charge in [-0.05, 0) is 56.2 Å². The van der Waals surface area contributed by atoms with Gasteiger partial charge in [0, 0.05) is 11.7 Å². The maximum atomic E-state index is 12.5. The Kier molecular flexibility index (Phi) is 5.29. The fourth-order valence-electron chi connectivity index (χ4n) is 2.84. The second kappa shape index (κ2) is 7.47. The van der Waals surface area contributed by atoms with E-state index in [1.165, 1.54) is 12.1 Å². The standard InChI is InChI=1S/C19H22N2O4S/c1-13(2)21-26(23,24)17-9-7-16(8-10-17)20-19(22)15-11-14-5-3-4-6-18(14)25-12-15/h3-10,13,15,21H,11-12H2,1-2H3,(H,20,22). The van der Waals surface area contributed by atoms with Crippen LogP contribution in [0, 0.1) is 5.92 Å². The van der Waals surface area contributed by atoms with Crippen molar-refractivity contribution in [2.75, 3.05) is 11.9 Å². The molecule has 1 unspecified atom stereocenters. The number of fused-ring (bicyclic) bond motifs is 1. The fraction of sp³-hybridized carbons (Fsp3) is 0.316. The van der Waals surface area contributed by atoms with Gasteiger partial charge in [0.2, 0.25) is 15.9 Å². The molecular formula is C19H22N2O4S. The zero-order chi connectivity index (χ0) is 18.7. The number of ether oxygens (including phenoxy) is 1. The van der Waals surface area contributed by atoms with E-state index in [0.29, 0.717) is 18.7 Å². The predicted octanol–water partition coefficient (Wildman–Crippen LogP) is 2.56. The second-order valence-electron chi connectivity index (χ2n) is 6.61. The summed E-state index contributed by atoms with van der Waals surface area (Å²) in [7, 11) is -3.54. The molecule has 1 amide bonds. The molecule has 0 fully saturated rings. The van der Waals surface area contributed by atoms with E-state index in [9.17, 15) is 13.2 Å². The van der Waals surface area contributed by atoms with Gasteiger partial charge in [0.1, 0.15) is 12.4 Å². The van der Waals surface area contributed by atoms with E-state index in [2.05, 4.69) is 10.0 Å². The molecule has 1 aliphatic heterocycles. The monoisotopic (exact) mass is 374 g/mol. The number of hydrogen-bond donors (Lipinski definition) is 2. The number of amides is 1. The summed E-state index contributed by atoms with van der Waals surface area (Å²) in [6.45, 7) is 3.85. The van der Waals surface area contributed by atoms with E-state index in [0.717, 1.165) is 11.3 Å². The minimum atomic E-state index is -3.54. The lowest BCUT2D eigenvalue weighted by Gasteiger charge is -2.24. The minimum absolute atomic E-state index is 0.143. The van der Waals surface area contributed by atoms with E-state index in [-0.39, 0.29) is 22.8 Å². The quantitative estimate of drug-likeness (QED) is 0.842. The maximum absolute atomic E-state index is 12.5. The molecule has 0 spiro atoms. The van der Waals surface area contributed by atoms with Gasteiger partial charge in [0.15, 0.2) is 0 Å². The van der Waals surface area contributed by atoms with Crippen molar-refractivity contribution in [2.45, 2.75) is 31.2 Å². The zero-order valence-electron chi connectivity index (χ0n) is 14.7. The molecule has 2 N–H and O–H groups in total. The number of carbonyl (C=O) groups is 1. The molecule has 0 radical (unpaired) electrons. The first-order valence-electron chi connectivity index (χ1n) is 8.49. The van der Waals surface area contributed by atoms with Crippen LogP contribution in [0.1, 0.15) is 19.4 Å². The van der Waals surface area contributed by atoms with Crippen molar-refractivity contribution in [3.8, 4) is 5.75 Å². The van der Waals surface area contributed by atoms with Crippen LogP contribution < -0.4 is 14.8 Å². The third-order valence-corrected chi connectivity index (χ3v) is 5.75. The van der Waals surface area contributed by atoms with Crippen LogP contribution >= 0.6 is 0 Å². The molecule has 0 aliphatic carbocycles. The van der Waals surface area contributed by atoms with Crippen molar-refractivity contribution in [3.63, 3.8) is 0 Å². The number of benzene rings is 2. The third-order valence-electron chi connectivity index (χ3n) is 4.07. The Morgan fingerprint density at radius 3 is 2.50 bits per heavy atom. The van der Waals surface area contributed by atoms with Gasteiger partial charge in [-0.2, -0.15) is 0 Å². The van der Waals surface area contributed by atoms with Crippen LogP contribution in [-0.2, 0) is 21.2 Å². The maximum Gasteiger partial charge on any atom is 0.240 e. The molecule has 0 saturated heterocycles. The summed E-state index contributed by atoms with van der Waals surface area (Å²) in [4.78, 5) is 12.6. The molecule has 2 aromatic rings. The molecule has 6 nitrogen and oxygen atoms in total. The molecule has 26 heavy (non-hydrogen) atoms. The summed E-state index contributed by atoms with van der Waals surface area (Å²) >= 11 is 0. The molecule has 1 aliphatic rings. The number of anilines is 1. The molecule has 0 aromatic heterocycles. The van der Waals surface area contributed by atoms with Crippen molar-refractivity contribution >= 4 is 21.6 Å². The van der Waals surface area contributed by atoms with Gasteiger partial charge in [0.05, 0.1) is 10.8 Å². The first-order chi connectivity index (χ1) is 12.3. The normalized spacial score (nSPS) is 16.7. The van der Waals surface area contributed by atoms with Crippen molar-refractivity contribution in [3.05, 3.63) is 54.1 Å².